The summed E-state index contributed by atoms with van der Waals surface area (Å²) < 4.78 is 1.21. The highest BCUT2D eigenvalue weighted by Gasteiger charge is 2.11. The second-order valence-corrected chi connectivity index (χ2v) is 5.53. The summed E-state index contributed by atoms with van der Waals surface area (Å²) in [6.07, 6.45) is 3.29. The zero-order valence-corrected chi connectivity index (χ0v) is 12.4. The van der Waals surface area contributed by atoms with Crippen molar-refractivity contribution in [1.29, 1.82) is 0 Å². The van der Waals surface area contributed by atoms with E-state index in [1.54, 1.807) is 29.8 Å². The Kier molecular flexibility index (Phi) is 3.83. The van der Waals surface area contributed by atoms with Crippen molar-refractivity contribution in [1.82, 2.24) is 4.98 Å². The lowest BCUT2D eigenvalue weighted by Gasteiger charge is -2.10. The number of hydrogen-bond acceptors (Lipinski definition) is 4. The van der Waals surface area contributed by atoms with Crippen LogP contribution in [0.15, 0.2) is 48.1 Å². The van der Waals surface area contributed by atoms with Gasteiger partial charge < -0.3 is 10.6 Å². The minimum absolute atomic E-state index is 0.136. The number of carbonyl (C=O) groups is 1. The molecule has 0 atom stereocenters. The van der Waals surface area contributed by atoms with Gasteiger partial charge in [-0.2, -0.15) is 0 Å². The van der Waals surface area contributed by atoms with Crippen LogP contribution in [0.2, 0.25) is 0 Å². The first-order chi connectivity index (χ1) is 10.3. The third-order valence-electron chi connectivity index (χ3n) is 3.14. The lowest BCUT2D eigenvalue weighted by Crippen LogP contribution is -2.15. The van der Waals surface area contributed by atoms with E-state index in [0.29, 0.717) is 5.56 Å². The Hall–Kier alpha value is -2.40. The smallest absolute Gasteiger partial charge is 0.257 e. The molecule has 2 N–H and O–H groups in total. The topological polar surface area (TPSA) is 54.0 Å². The summed E-state index contributed by atoms with van der Waals surface area (Å²) >= 11 is 1.69. The molecule has 0 unspecified atom stereocenters. The maximum atomic E-state index is 12.4. The van der Waals surface area contributed by atoms with Crippen LogP contribution in [-0.4, -0.2) is 17.4 Å². The number of nitrogens with one attached hydrogen (secondary N) is 2. The summed E-state index contributed by atoms with van der Waals surface area (Å²) in [6, 6.07) is 9.69. The van der Waals surface area contributed by atoms with E-state index in [4.69, 9.17) is 0 Å². The SMILES string of the molecule is CCNc1cnccc1C(=O)Nc1ccc2sccc2c1. The number of pyridine rings is 1. The normalized spacial score (nSPS) is 10.5. The van der Waals surface area contributed by atoms with Crippen LogP contribution in [-0.2, 0) is 0 Å². The van der Waals surface area contributed by atoms with E-state index in [1.807, 2.05) is 36.6 Å². The largest absolute Gasteiger partial charge is 0.383 e. The van der Waals surface area contributed by atoms with Crippen LogP contribution in [0.3, 0.4) is 0 Å². The Labute approximate surface area is 126 Å². The van der Waals surface area contributed by atoms with Crippen LogP contribution in [0.25, 0.3) is 10.1 Å². The third kappa shape index (κ3) is 2.87. The molecule has 0 radical (unpaired) electrons. The van der Waals surface area contributed by atoms with Crippen molar-refractivity contribution in [2.45, 2.75) is 6.92 Å². The standard InChI is InChI=1S/C16H15N3OS/c1-2-18-14-10-17-7-5-13(14)16(20)19-12-3-4-15-11(9-12)6-8-21-15/h3-10,18H,2H2,1H3,(H,19,20). The van der Waals surface area contributed by atoms with Crippen LogP contribution < -0.4 is 10.6 Å². The average Bonchev–Trinajstić information content (AvgIpc) is 2.95. The molecule has 0 aliphatic carbocycles. The molecule has 2 aromatic heterocycles. The van der Waals surface area contributed by atoms with Crippen LogP contribution in [0.1, 0.15) is 17.3 Å². The van der Waals surface area contributed by atoms with Crippen LogP contribution in [0, 0.1) is 0 Å². The summed E-state index contributed by atoms with van der Waals surface area (Å²) in [6.45, 7) is 2.73. The summed E-state index contributed by atoms with van der Waals surface area (Å²) in [5.41, 5.74) is 2.14. The molecular formula is C16H15N3OS. The molecular weight excluding hydrogens is 282 g/mol. The third-order valence-corrected chi connectivity index (χ3v) is 4.04. The van der Waals surface area contributed by atoms with Crippen molar-refractivity contribution in [2.75, 3.05) is 17.2 Å². The van der Waals surface area contributed by atoms with Gasteiger partial charge in [-0.25, -0.2) is 0 Å². The first kappa shape index (κ1) is 13.6. The van der Waals surface area contributed by atoms with Gasteiger partial charge in [0.15, 0.2) is 0 Å². The van der Waals surface area contributed by atoms with Gasteiger partial charge in [0.25, 0.3) is 5.91 Å². The molecule has 0 aliphatic heterocycles. The molecule has 0 saturated heterocycles. The zero-order valence-electron chi connectivity index (χ0n) is 11.6. The van der Waals surface area contributed by atoms with E-state index in [9.17, 15) is 4.79 Å². The second kappa shape index (κ2) is 5.93. The molecule has 21 heavy (non-hydrogen) atoms. The van der Waals surface area contributed by atoms with Gasteiger partial charge in [-0.05, 0) is 48.0 Å². The molecule has 4 nitrogen and oxygen atoms in total. The highest BCUT2D eigenvalue weighted by Crippen LogP contribution is 2.24. The number of carbonyl (C=O) groups excluding carboxylic acids is 1. The molecule has 1 aromatic carbocycles. The minimum atomic E-state index is -0.136. The average molecular weight is 297 g/mol. The monoisotopic (exact) mass is 297 g/mol. The van der Waals surface area contributed by atoms with Crippen molar-refractivity contribution < 1.29 is 4.79 Å². The molecule has 0 saturated carbocycles. The number of anilines is 2. The number of amides is 1. The van der Waals surface area contributed by atoms with Gasteiger partial charge in [-0.3, -0.25) is 9.78 Å². The van der Waals surface area contributed by atoms with Gasteiger partial charge in [0, 0.05) is 23.1 Å². The predicted molar refractivity (Wildman–Crippen MR) is 88.2 cm³/mol. The lowest BCUT2D eigenvalue weighted by molar-refractivity contribution is 0.102. The molecule has 0 aliphatic rings. The van der Waals surface area contributed by atoms with Crippen LogP contribution in [0.5, 0.6) is 0 Å². The summed E-state index contributed by atoms with van der Waals surface area (Å²) in [5, 5.41) is 9.27. The Bertz CT molecular complexity index is 782. The molecule has 3 aromatic rings. The Morgan fingerprint density at radius 2 is 2.19 bits per heavy atom. The van der Waals surface area contributed by atoms with Gasteiger partial charge >= 0.3 is 0 Å². The number of hydrogen-bond donors (Lipinski definition) is 2. The van der Waals surface area contributed by atoms with Crippen molar-refractivity contribution in [3.05, 3.63) is 53.7 Å². The molecule has 2 heterocycles. The quantitative estimate of drug-likeness (QED) is 0.766. The lowest BCUT2D eigenvalue weighted by atomic mass is 10.2. The van der Waals surface area contributed by atoms with Crippen molar-refractivity contribution in [2.24, 2.45) is 0 Å². The van der Waals surface area contributed by atoms with Gasteiger partial charge in [-0.1, -0.05) is 0 Å². The van der Waals surface area contributed by atoms with Crippen LogP contribution >= 0.6 is 11.3 Å². The number of benzene rings is 1. The summed E-state index contributed by atoms with van der Waals surface area (Å²) in [5.74, 6) is -0.136. The maximum absolute atomic E-state index is 12.4. The van der Waals surface area contributed by atoms with Crippen molar-refractivity contribution in [3.63, 3.8) is 0 Å². The van der Waals surface area contributed by atoms with E-state index in [-0.39, 0.29) is 5.91 Å². The zero-order chi connectivity index (χ0) is 14.7. The summed E-state index contributed by atoms with van der Waals surface area (Å²) in [7, 11) is 0. The van der Waals surface area contributed by atoms with Crippen LogP contribution in [0.4, 0.5) is 11.4 Å². The fourth-order valence-corrected chi connectivity index (χ4v) is 2.94. The molecule has 0 fully saturated rings. The highest BCUT2D eigenvalue weighted by atomic mass is 32.1. The fourth-order valence-electron chi connectivity index (χ4n) is 2.17. The Morgan fingerprint density at radius 3 is 3.05 bits per heavy atom. The van der Waals surface area contributed by atoms with Gasteiger partial charge in [0.1, 0.15) is 0 Å². The predicted octanol–water partition coefficient (Wildman–Crippen LogP) is 3.98. The van der Waals surface area contributed by atoms with E-state index < -0.39 is 0 Å². The second-order valence-electron chi connectivity index (χ2n) is 4.58. The number of thiophene rings is 1. The summed E-state index contributed by atoms with van der Waals surface area (Å²) in [4.78, 5) is 16.5. The van der Waals surface area contributed by atoms with Crippen molar-refractivity contribution >= 4 is 38.7 Å². The number of fused-ring (bicyclic) bond motifs is 1. The van der Waals surface area contributed by atoms with E-state index in [0.717, 1.165) is 23.3 Å². The molecule has 0 spiro atoms. The van der Waals surface area contributed by atoms with E-state index in [1.165, 1.54) is 4.70 Å². The first-order valence-electron chi connectivity index (χ1n) is 6.74. The Balaban J connectivity index is 1.85. The van der Waals surface area contributed by atoms with Crippen molar-refractivity contribution in [3.8, 4) is 0 Å². The van der Waals surface area contributed by atoms with Gasteiger partial charge in [-0.15, -0.1) is 11.3 Å². The molecule has 1 amide bonds. The van der Waals surface area contributed by atoms with E-state index >= 15 is 0 Å². The minimum Gasteiger partial charge on any atom is -0.383 e. The highest BCUT2D eigenvalue weighted by molar-refractivity contribution is 7.17. The molecule has 5 heteroatoms. The Morgan fingerprint density at radius 1 is 1.29 bits per heavy atom. The number of nitrogens with zero attached hydrogens (tertiary/aromatic N) is 1. The molecule has 0 bridgehead atoms. The molecule has 3 rings (SSSR count). The van der Waals surface area contributed by atoms with Gasteiger partial charge in [0.2, 0.25) is 0 Å². The fraction of sp³-hybridized carbons (Fsp3) is 0.125. The maximum Gasteiger partial charge on any atom is 0.257 e. The first-order valence-corrected chi connectivity index (χ1v) is 7.62. The molecule has 106 valence electrons. The number of aromatic nitrogens is 1. The van der Waals surface area contributed by atoms with E-state index in [2.05, 4.69) is 15.6 Å². The van der Waals surface area contributed by atoms with Gasteiger partial charge in [0.05, 0.1) is 17.4 Å². The number of rotatable bonds is 4.